The molecule has 0 bridgehead atoms. The van der Waals surface area contributed by atoms with Crippen LogP contribution < -0.4 is 4.74 Å². The van der Waals surface area contributed by atoms with E-state index in [9.17, 15) is 18.0 Å². The lowest BCUT2D eigenvalue weighted by atomic mass is 9.90. The summed E-state index contributed by atoms with van der Waals surface area (Å²) in [4.78, 5) is 21.4. The predicted molar refractivity (Wildman–Crippen MR) is 129 cm³/mol. The lowest BCUT2D eigenvalue weighted by Gasteiger charge is -2.36. The summed E-state index contributed by atoms with van der Waals surface area (Å²) < 4.78 is 49.7. The first kappa shape index (κ1) is 25.8. The average molecular weight is 526 g/mol. The number of alkyl halides is 3. The fourth-order valence-corrected chi connectivity index (χ4v) is 4.95. The molecule has 2 fully saturated rings. The lowest BCUT2D eigenvalue weighted by molar-refractivity contribution is -0.274. The third kappa shape index (κ3) is 5.82. The fourth-order valence-electron chi connectivity index (χ4n) is 4.95. The summed E-state index contributed by atoms with van der Waals surface area (Å²) in [7, 11) is 0. The highest BCUT2D eigenvalue weighted by Gasteiger charge is 2.49. The second-order valence-corrected chi connectivity index (χ2v) is 9.56. The number of nitriles is 1. The van der Waals surface area contributed by atoms with Crippen LogP contribution >= 0.6 is 0 Å². The van der Waals surface area contributed by atoms with Crippen molar-refractivity contribution < 1.29 is 27.4 Å². The molecule has 2 aliphatic heterocycles. The number of rotatable bonds is 7. The second-order valence-electron chi connectivity index (χ2n) is 9.56. The SMILES string of the molecule is N#Cc1ccc(Cn2cncc2CN2CCC3(CC2)OCN(Cc2cccc(OC(F)(F)F)c2)C3=O)cc1. The van der Waals surface area contributed by atoms with Gasteiger partial charge in [-0.15, -0.1) is 13.2 Å². The number of halogens is 3. The van der Waals surface area contributed by atoms with Crippen LogP contribution in [0.1, 0.15) is 35.2 Å². The van der Waals surface area contributed by atoms with Crippen LogP contribution in [-0.2, 0) is 29.2 Å². The standard InChI is InChI=1S/C27H26F3N5O3/c28-27(29,30)38-24-3-1-2-22(12-24)16-35-19-37-26(25(35)36)8-10-33(11-9-26)17-23-14-32-18-34(23)15-21-6-4-20(13-31)5-7-21/h1-7,12,14,18H,8-11,15-17,19H2. The summed E-state index contributed by atoms with van der Waals surface area (Å²) in [6, 6.07) is 15.2. The van der Waals surface area contributed by atoms with Gasteiger partial charge in [0, 0.05) is 38.9 Å². The summed E-state index contributed by atoms with van der Waals surface area (Å²) in [5.41, 5.74) is 2.37. The van der Waals surface area contributed by atoms with Crippen molar-refractivity contribution in [2.24, 2.45) is 0 Å². The smallest absolute Gasteiger partial charge is 0.406 e. The van der Waals surface area contributed by atoms with Crippen molar-refractivity contribution in [3.05, 3.63) is 83.4 Å². The molecule has 3 heterocycles. The Morgan fingerprint density at radius 1 is 1.05 bits per heavy atom. The van der Waals surface area contributed by atoms with Crippen LogP contribution in [0.5, 0.6) is 5.75 Å². The molecule has 1 spiro atoms. The van der Waals surface area contributed by atoms with Gasteiger partial charge in [0.05, 0.1) is 23.7 Å². The number of carbonyl (C=O) groups is 1. The number of nitrogens with zero attached hydrogens (tertiary/aromatic N) is 5. The van der Waals surface area contributed by atoms with Gasteiger partial charge in [0.15, 0.2) is 5.60 Å². The van der Waals surface area contributed by atoms with Crippen LogP contribution in [0.2, 0.25) is 0 Å². The van der Waals surface area contributed by atoms with E-state index in [0.29, 0.717) is 50.1 Å². The first-order valence-corrected chi connectivity index (χ1v) is 12.2. The topological polar surface area (TPSA) is 83.6 Å². The van der Waals surface area contributed by atoms with Gasteiger partial charge < -0.3 is 18.9 Å². The summed E-state index contributed by atoms with van der Waals surface area (Å²) in [6.07, 6.45) is -0.0873. The van der Waals surface area contributed by atoms with Gasteiger partial charge in [-0.3, -0.25) is 9.69 Å². The van der Waals surface area contributed by atoms with Gasteiger partial charge in [-0.05, 0) is 48.2 Å². The molecule has 5 rings (SSSR count). The number of carbonyl (C=O) groups excluding carboxylic acids is 1. The number of ether oxygens (including phenoxy) is 2. The van der Waals surface area contributed by atoms with E-state index in [1.54, 1.807) is 24.5 Å². The third-order valence-corrected chi connectivity index (χ3v) is 6.96. The van der Waals surface area contributed by atoms with E-state index < -0.39 is 12.0 Å². The van der Waals surface area contributed by atoms with Crippen molar-refractivity contribution in [3.8, 4) is 11.8 Å². The van der Waals surface area contributed by atoms with Crippen LogP contribution in [0.3, 0.4) is 0 Å². The van der Waals surface area contributed by atoms with Gasteiger partial charge in [-0.2, -0.15) is 5.26 Å². The molecule has 0 N–H and O–H groups in total. The maximum Gasteiger partial charge on any atom is 0.573 e. The highest BCUT2D eigenvalue weighted by molar-refractivity contribution is 5.87. The molecule has 3 aromatic rings. The van der Waals surface area contributed by atoms with E-state index in [-0.39, 0.29) is 24.9 Å². The number of hydrogen-bond acceptors (Lipinski definition) is 6. The van der Waals surface area contributed by atoms with E-state index in [1.807, 2.05) is 18.3 Å². The van der Waals surface area contributed by atoms with E-state index in [0.717, 1.165) is 11.3 Å². The van der Waals surface area contributed by atoms with E-state index >= 15 is 0 Å². The third-order valence-electron chi connectivity index (χ3n) is 6.96. The minimum atomic E-state index is -4.77. The molecule has 2 aliphatic rings. The summed E-state index contributed by atoms with van der Waals surface area (Å²) in [5.74, 6) is -0.450. The Balaban J connectivity index is 1.16. The number of benzene rings is 2. The molecule has 2 saturated heterocycles. The Morgan fingerprint density at radius 2 is 1.82 bits per heavy atom. The number of piperidine rings is 1. The monoisotopic (exact) mass is 525 g/mol. The number of imidazole rings is 1. The maximum atomic E-state index is 13.3. The Kier molecular flexibility index (Phi) is 7.10. The zero-order chi connectivity index (χ0) is 26.8. The molecule has 38 heavy (non-hydrogen) atoms. The molecule has 0 saturated carbocycles. The number of likely N-dealkylation sites (tertiary alicyclic amines) is 1. The van der Waals surface area contributed by atoms with Crippen LogP contribution in [0, 0.1) is 11.3 Å². The van der Waals surface area contributed by atoms with Crippen molar-refractivity contribution in [3.63, 3.8) is 0 Å². The molecule has 1 aromatic heterocycles. The van der Waals surface area contributed by atoms with Gasteiger partial charge in [0.2, 0.25) is 0 Å². The fraction of sp³-hybridized carbons (Fsp3) is 0.370. The van der Waals surface area contributed by atoms with Gasteiger partial charge in [0.1, 0.15) is 12.5 Å². The molecule has 198 valence electrons. The zero-order valence-corrected chi connectivity index (χ0v) is 20.5. The predicted octanol–water partition coefficient (Wildman–Crippen LogP) is 4.05. The van der Waals surface area contributed by atoms with Gasteiger partial charge in [0.25, 0.3) is 5.91 Å². The lowest BCUT2D eigenvalue weighted by Crippen LogP contribution is -2.49. The Hall–Kier alpha value is -3.88. The van der Waals surface area contributed by atoms with Gasteiger partial charge in [-0.1, -0.05) is 24.3 Å². The number of aromatic nitrogens is 2. The van der Waals surface area contributed by atoms with Crippen molar-refractivity contribution in [1.82, 2.24) is 19.4 Å². The first-order chi connectivity index (χ1) is 18.2. The minimum Gasteiger partial charge on any atom is -0.406 e. The van der Waals surface area contributed by atoms with Crippen molar-refractivity contribution in [1.29, 1.82) is 5.26 Å². The molecule has 0 unspecified atom stereocenters. The van der Waals surface area contributed by atoms with Crippen molar-refractivity contribution in [2.75, 3.05) is 19.8 Å². The van der Waals surface area contributed by atoms with Crippen LogP contribution in [-0.4, -0.2) is 57.0 Å². The Bertz CT molecular complexity index is 1320. The molecule has 0 atom stereocenters. The Morgan fingerprint density at radius 3 is 2.53 bits per heavy atom. The highest BCUT2D eigenvalue weighted by atomic mass is 19.4. The summed E-state index contributed by atoms with van der Waals surface area (Å²) in [5, 5.41) is 8.99. The molecule has 2 aromatic carbocycles. The minimum absolute atomic E-state index is 0.0978. The molecule has 1 amide bonds. The van der Waals surface area contributed by atoms with E-state index in [2.05, 4.69) is 25.3 Å². The van der Waals surface area contributed by atoms with E-state index in [1.165, 1.54) is 23.1 Å². The molecule has 8 nitrogen and oxygen atoms in total. The maximum absolute atomic E-state index is 13.3. The molecular weight excluding hydrogens is 499 g/mol. The second kappa shape index (κ2) is 10.5. The average Bonchev–Trinajstić information content (AvgIpc) is 3.44. The zero-order valence-electron chi connectivity index (χ0n) is 20.5. The number of hydrogen-bond donors (Lipinski definition) is 0. The van der Waals surface area contributed by atoms with Crippen molar-refractivity contribution >= 4 is 5.91 Å². The first-order valence-electron chi connectivity index (χ1n) is 12.2. The number of amides is 1. The Labute approximate surface area is 217 Å². The largest absolute Gasteiger partial charge is 0.573 e. The van der Waals surface area contributed by atoms with E-state index in [4.69, 9.17) is 10.00 Å². The summed E-state index contributed by atoms with van der Waals surface area (Å²) >= 11 is 0. The molecule has 11 heteroatoms. The van der Waals surface area contributed by atoms with Gasteiger partial charge >= 0.3 is 6.36 Å². The van der Waals surface area contributed by atoms with Crippen molar-refractivity contribution in [2.45, 2.75) is 44.4 Å². The normalized spacial score (nSPS) is 17.6. The molecular formula is C27H26F3N5O3. The van der Waals surface area contributed by atoms with Crippen LogP contribution in [0.25, 0.3) is 0 Å². The van der Waals surface area contributed by atoms with Gasteiger partial charge in [-0.25, -0.2) is 4.98 Å². The van der Waals surface area contributed by atoms with Crippen LogP contribution in [0.15, 0.2) is 61.1 Å². The molecule has 0 aliphatic carbocycles. The quantitative estimate of drug-likeness (QED) is 0.463. The molecule has 0 radical (unpaired) electrons. The van der Waals surface area contributed by atoms with Crippen LogP contribution in [0.4, 0.5) is 13.2 Å². The summed E-state index contributed by atoms with van der Waals surface area (Å²) in [6.45, 7) is 2.89. The highest BCUT2D eigenvalue weighted by Crippen LogP contribution is 2.35.